The number of pyridine rings is 2. The second kappa shape index (κ2) is 14.6. The van der Waals surface area contributed by atoms with E-state index in [4.69, 9.17) is 19.9 Å². The van der Waals surface area contributed by atoms with Gasteiger partial charge in [0, 0.05) is 38.7 Å². The highest BCUT2D eigenvalue weighted by Gasteiger charge is 2.15. The van der Waals surface area contributed by atoms with Gasteiger partial charge in [-0.15, -0.1) is 0 Å². The Kier molecular flexibility index (Phi) is 8.69. The molecule has 0 bridgehead atoms. The SMILES string of the molecule is Cc1ccc2ccc3c(-c4cccc(-c5ccc(-c6cc(-c7ccccc7)nc(-c7ccc(-c8ccccc8)cc7)n6)cc5)c4)cc(-c4ccccc4)nc3c2n1. The minimum atomic E-state index is 0.695. The highest BCUT2D eigenvalue weighted by Crippen LogP contribution is 2.37. The zero-order chi connectivity index (χ0) is 38.1. The third kappa shape index (κ3) is 6.75. The number of hydrogen-bond acceptors (Lipinski definition) is 4. The molecule has 0 aliphatic carbocycles. The van der Waals surface area contributed by atoms with Gasteiger partial charge in [-0.2, -0.15) is 0 Å². The van der Waals surface area contributed by atoms with Gasteiger partial charge in [-0.3, -0.25) is 4.98 Å². The van der Waals surface area contributed by atoms with Gasteiger partial charge in [0.15, 0.2) is 5.82 Å². The molecule has 0 N–H and O–H groups in total. The van der Waals surface area contributed by atoms with Crippen molar-refractivity contribution in [3.63, 3.8) is 0 Å². The summed E-state index contributed by atoms with van der Waals surface area (Å²) in [7, 11) is 0. The lowest BCUT2D eigenvalue weighted by atomic mass is 9.94. The van der Waals surface area contributed by atoms with Crippen LogP contribution >= 0.6 is 0 Å². The summed E-state index contributed by atoms with van der Waals surface area (Å²) in [5.74, 6) is 0.695. The van der Waals surface area contributed by atoms with Gasteiger partial charge < -0.3 is 0 Å². The summed E-state index contributed by atoms with van der Waals surface area (Å²) >= 11 is 0. The average molecular weight is 729 g/mol. The molecule has 4 heteroatoms. The van der Waals surface area contributed by atoms with Crippen molar-refractivity contribution in [2.75, 3.05) is 0 Å². The van der Waals surface area contributed by atoms with E-state index >= 15 is 0 Å². The molecule has 0 aliphatic rings. The summed E-state index contributed by atoms with van der Waals surface area (Å²) in [6, 6.07) is 70.0. The molecule has 0 amide bonds. The molecule has 3 aromatic heterocycles. The highest BCUT2D eigenvalue weighted by atomic mass is 14.9. The van der Waals surface area contributed by atoms with Gasteiger partial charge in [-0.05, 0) is 64.6 Å². The van der Waals surface area contributed by atoms with Crippen molar-refractivity contribution in [3.8, 4) is 78.5 Å². The molecule has 0 fully saturated rings. The van der Waals surface area contributed by atoms with E-state index in [1.807, 2.05) is 37.3 Å². The Morgan fingerprint density at radius 3 is 1.42 bits per heavy atom. The van der Waals surface area contributed by atoms with Gasteiger partial charge in [0.2, 0.25) is 0 Å². The van der Waals surface area contributed by atoms with Gasteiger partial charge in [0.05, 0.1) is 28.1 Å². The first-order chi connectivity index (χ1) is 28.1. The van der Waals surface area contributed by atoms with Crippen molar-refractivity contribution < 1.29 is 0 Å². The maximum absolute atomic E-state index is 5.21. The normalized spacial score (nSPS) is 11.2. The molecule has 0 saturated carbocycles. The molecule has 0 spiro atoms. The molecule has 10 rings (SSSR count). The van der Waals surface area contributed by atoms with Crippen molar-refractivity contribution in [1.29, 1.82) is 0 Å². The van der Waals surface area contributed by atoms with Crippen LogP contribution in [-0.4, -0.2) is 19.9 Å². The molecule has 0 atom stereocenters. The predicted octanol–water partition coefficient (Wildman–Crippen LogP) is 13.6. The Labute approximate surface area is 331 Å². The third-order valence-electron chi connectivity index (χ3n) is 10.6. The molecule has 7 aromatic carbocycles. The first kappa shape index (κ1) is 34.0. The minimum absolute atomic E-state index is 0.695. The number of fused-ring (bicyclic) bond motifs is 3. The monoisotopic (exact) mass is 728 g/mol. The van der Waals surface area contributed by atoms with Crippen LogP contribution in [0.3, 0.4) is 0 Å². The minimum Gasteiger partial charge on any atom is -0.251 e. The Bertz CT molecular complexity index is 3030. The smallest absolute Gasteiger partial charge is 0.160 e. The molecule has 0 unspecified atom stereocenters. The molecule has 57 heavy (non-hydrogen) atoms. The average Bonchev–Trinajstić information content (AvgIpc) is 3.29. The van der Waals surface area contributed by atoms with Crippen LogP contribution in [0, 0.1) is 6.92 Å². The lowest BCUT2D eigenvalue weighted by Gasteiger charge is -2.14. The molecule has 4 nitrogen and oxygen atoms in total. The lowest BCUT2D eigenvalue weighted by molar-refractivity contribution is 1.18. The van der Waals surface area contributed by atoms with Crippen LogP contribution in [0.4, 0.5) is 0 Å². The summed E-state index contributed by atoms with van der Waals surface area (Å²) in [5.41, 5.74) is 16.5. The molecular formula is C53H36N4. The summed E-state index contributed by atoms with van der Waals surface area (Å²) < 4.78 is 0. The first-order valence-corrected chi connectivity index (χ1v) is 19.2. The predicted molar refractivity (Wildman–Crippen MR) is 235 cm³/mol. The summed E-state index contributed by atoms with van der Waals surface area (Å²) in [4.78, 5) is 20.4. The van der Waals surface area contributed by atoms with Gasteiger partial charge in [0.1, 0.15) is 0 Å². The van der Waals surface area contributed by atoms with E-state index in [2.05, 4.69) is 170 Å². The molecule has 0 radical (unpaired) electrons. The Hall–Kier alpha value is -7.56. The van der Waals surface area contributed by atoms with Gasteiger partial charge in [0.25, 0.3) is 0 Å². The number of nitrogens with zero attached hydrogens (tertiary/aromatic N) is 4. The topological polar surface area (TPSA) is 51.6 Å². The fraction of sp³-hybridized carbons (Fsp3) is 0.0189. The fourth-order valence-electron chi connectivity index (χ4n) is 7.59. The van der Waals surface area contributed by atoms with Crippen molar-refractivity contribution in [2.24, 2.45) is 0 Å². The summed E-state index contributed by atoms with van der Waals surface area (Å²) in [5, 5.41) is 2.16. The standard InChI is InChI=1S/C53H36N4/c1-35-20-21-42-30-31-46-47(33-48(39-14-7-3-8-15-39)55-52(46)51(42)54-35)45-19-11-18-44(32-45)38-22-26-41(27-23-38)50-34-49(40-16-9-4-10-17-40)56-53(57-50)43-28-24-37(25-29-43)36-12-5-2-6-13-36/h2-34H,1H3. The number of benzene rings is 7. The maximum Gasteiger partial charge on any atom is 0.160 e. The van der Waals surface area contributed by atoms with Crippen LogP contribution in [-0.2, 0) is 0 Å². The van der Waals surface area contributed by atoms with Crippen LogP contribution < -0.4 is 0 Å². The second-order valence-electron chi connectivity index (χ2n) is 14.3. The molecule has 3 heterocycles. The van der Waals surface area contributed by atoms with E-state index < -0.39 is 0 Å². The first-order valence-electron chi connectivity index (χ1n) is 19.2. The van der Waals surface area contributed by atoms with E-state index in [9.17, 15) is 0 Å². The largest absolute Gasteiger partial charge is 0.251 e. The molecule has 268 valence electrons. The molecule has 10 aromatic rings. The third-order valence-corrected chi connectivity index (χ3v) is 10.6. The van der Waals surface area contributed by atoms with Gasteiger partial charge in [-0.25, -0.2) is 15.0 Å². The molecule has 0 saturated heterocycles. The Balaban J connectivity index is 1.03. The number of aryl methyl sites for hydroxylation is 1. The highest BCUT2D eigenvalue weighted by molar-refractivity contribution is 6.09. The van der Waals surface area contributed by atoms with Crippen molar-refractivity contribution >= 4 is 21.8 Å². The summed E-state index contributed by atoms with van der Waals surface area (Å²) in [6.07, 6.45) is 0. The van der Waals surface area contributed by atoms with Crippen LogP contribution in [0.5, 0.6) is 0 Å². The summed E-state index contributed by atoms with van der Waals surface area (Å²) in [6.45, 7) is 2.03. The molecule has 0 aliphatic heterocycles. The number of rotatable bonds is 7. The maximum atomic E-state index is 5.21. The van der Waals surface area contributed by atoms with Crippen molar-refractivity contribution in [2.45, 2.75) is 6.92 Å². The van der Waals surface area contributed by atoms with Crippen LogP contribution in [0.1, 0.15) is 5.69 Å². The quantitative estimate of drug-likeness (QED) is 0.153. The van der Waals surface area contributed by atoms with Crippen LogP contribution in [0.2, 0.25) is 0 Å². The van der Waals surface area contributed by atoms with Crippen molar-refractivity contribution in [1.82, 2.24) is 19.9 Å². The van der Waals surface area contributed by atoms with Crippen molar-refractivity contribution in [3.05, 3.63) is 206 Å². The zero-order valence-corrected chi connectivity index (χ0v) is 31.3. The second-order valence-corrected chi connectivity index (χ2v) is 14.3. The van der Waals surface area contributed by atoms with Crippen LogP contribution in [0.25, 0.3) is 100 Å². The molecular weight excluding hydrogens is 693 g/mol. The van der Waals surface area contributed by atoms with E-state index in [0.29, 0.717) is 5.82 Å². The fourth-order valence-corrected chi connectivity index (χ4v) is 7.59. The van der Waals surface area contributed by atoms with Gasteiger partial charge >= 0.3 is 0 Å². The van der Waals surface area contributed by atoms with E-state index in [1.165, 1.54) is 5.56 Å². The number of aromatic nitrogens is 4. The zero-order valence-electron chi connectivity index (χ0n) is 31.3. The van der Waals surface area contributed by atoms with Gasteiger partial charge in [-0.1, -0.05) is 176 Å². The Morgan fingerprint density at radius 2 is 0.772 bits per heavy atom. The number of hydrogen-bond donors (Lipinski definition) is 0. The Morgan fingerprint density at radius 1 is 0.298 bits per heavy atom. The van der Waals surface area contributed by atoms with E-state index in [0.717, 1.165) is 94.7 Å². The van der Waals surface area contributed by atoms with Crippen LogP contribution in [0.15, 0.2) is 200 Å². The van der Waals surface area contributed by atoms with E-state index in [-0.39, 0.29) is 0 Å². The van der Waals surface area contributed by atoms with E-state index in [1.54, 1.807) is 0 Å². The lowest BCUT2D eigenvalue weighted by Crippen LogP contribution is -1.96.